The standard InChI is InChI=1S/C21H23F3N6O2/c1-32-9-8-25-19-16-14(10-26-20(16)28-11-27-19)17(31)13-2-3-15(30-18(13)22)29-12-4-6-21(23,24)7-5-12/h2-3,10-12H,4-9H2,1H3,(H,29,30)(H2,25,26,27,28). The van der Waals surface area contributed by atoms with Crippen molar-refractivity contribution in [2.24, 2.45) is 0 Å². The number of aromatic nitrogens is 4. The minimum absolute atomic E-state index is 0.205. The van der Waals surface area contributed by atoms with Crippen molar-refractivity contribution in [1.82, 2.24) is 19.9 Å². The van der Waals surface area contributed by atoms with Gasteiger partial charge < -0.3 is 20.4 Å². The SMILES string of the molecule is COCCNc1ncnc2[nH]cc(C(=O)c3ccc(NC4CCC(F)(F)CC4)nc3F)c12. The van der Waals surface area contributed by atoms with Gasteiger partial charge in [-0.1, -0.05) is 0 Å². The van der Waals surface area contributed by atoms with Crippen molar-refractivity contribution in [1.29, 1.82) is 0 Å². The molecule has 0 amide bonds. The molecule has 1 aliphatic rings. The van der Waals surface area contributed by atoms with E-state index in [4.69, 9.17) is 4.74 Å². The summed E-state index contributed by atoms with van der Waals surface area (Å²) in [5.41, 5.74) is 0.429. The summed E-state index contributed by atoms with van der Waals surface area (Å²) in [7, 11) is 1.57. The number of aromatic amines is 1. The fourth-order valence-corrected chi connectivity index (χ4v) is 3.77. The Kier molecular flexibility index (Phi) is 6.26. The van der Waals surface area contributed by atoms with Crippen LogP contribution >= 0.6 is 0 Å². The van der Waals surface area contributed by atoms with Gasteiger partial charge in [0, 0.05) is 38.7 Å². The molecule has 0 atom stereocenters. The molecule has 4 rings (SSSR count). The molecular weight excluding hydrogens is 425 g/mol. The fraction of sp³-hybridized carbons (Fsp3) is 0.429. The number of pyridine rings is 1. The third kappa shape index (κ3) is 4.67. The number of nitrogens with zero attached hydrogens (tertiary/aromatic N) is 3. The van der Waals surface area contributed by atoms with Crippen molar-refractivity contribution in [3.05, 3.63) is 41.7 Å². The van der Waals surface area contributed by atoms with Gasteiger partial charge in [-0.15, -0.1) is 0 Å². The second-order valence-electron chi connectivity index (χ2n) is 7.71. The zero-order valence-corrected chi connectivity index (χ0v) is 17.4. The van der Waals surface area contributed by atoms with Gasteiger partial charge in [-0.2, -0.15) is 4.39 Å². The molecule has 32 heavy (non-hydrogen) atoms. The summed E-state index contributed by atoms with van der Waals surface area (Å²) >= 11 is 0. The molecule has 0 aromatic carbocycles. The lowest BCUT2D eigenvalue weighted by atomic mass is 9.92. The molecule has 3 aromatic rings. The number of hydrogen-bond acceptors (Lipinski definition) is 7. The Morgan fingerprint density at radius 1 is 1.25 bits per heavy atom. The van der Waals surface area contributed by atoms with Gasteiger partial charge >= 0.3 is 0 Å². The number of ether oxygens (including phenoxy) is 1. The Morgan fingerprint density at radius 3 is 2.75 bits per heavy atom. The summed E-state index contributed by atoms with van der Waals surface area (Å²) in [5.74, 6) is -3.53. The van der Waals surface area contributed by atoms with Crippen LogP contribution in [0.15, 0.2) is 24.7 Å². The molecule has 1 fully saturated rings. The maximum absolute atomic E-state index is 14.8. The smallest absolute Gasteiger partial charge is 0.248 e. The summed E-state index contributed by atoms with van der Waals surface area (Å²) in [5, 5.41) is 6.50. The maximum atomic E-state index is 14.8. The first-order chi connectivity index (χ1) is 15.4. The van der Waals surface area contributed by atoms with E-state index in [9.17, 15) is 18.0 Å². The molecule has 3 aromatic heterocycles. The number of carbonyl (C=O) groups excluding carboxylic acids is 1. The van der Waals surface area contributed by atoms with E-state index >= 15 is 0 Å². The van der Waals surface area contributed by atoms with Crippen LogP contribution in [0.4, 0.5) is 24.8 Å². The molecule has 0 unspecified atom stereocenters. The Morgan fingerprint density at radius 2 is 2.03 bits per heavy atom. The van der Waals surface area contributed by atoms with Gasteiger partial charge in [0.2, 0.25) is 11.9 Å². The van der Waals surface area contributed by atoms with Gasteiger partial charge in [0.15, 0.2) is 5.78 Å². The number of anilines is 2. The second kappa shape index (κ2) is 9.11. The van der Waals surface area contributed by atoms with E-state index in [-0.39, 0.29) is 48.7 Å². The van der Waals surface area contributed by atoms with Gasteiger partial charge in [0.25, 0.3) is 0 Å². The minimum Gasteiger partial charge on any atom is -0.383 e. The molecule has 1 aliphatic carbocycles. The molecule has 0 bridgehead atoms. The summed E-state index contributed by atoms with van der Waals surface area (Å²) in [6, 6.07) is 2.60. The zero-order valence-electron chi connectivity index (χ0n) is 17.4. The van der Waals surface area contributed by atoms with E-state index in [1.54, 1.807) is 7.11 Å². The molecule has 11 heteroatoms. The first-order valence-corrected chi connectivity index (χ1v) is 10.3. The van der Waals surface area contributed by atoms with Crippen LogP contribution in [-0.4, -0.2) is 57.9 Å². The Balaban J connectivity index is 1.54. The summed E-state index contributed by atoms with van der Waals surface area (Å²) in [4.78, 5) is 28.1. The van der Waals surface area contributed by atoms with Gasteiger partial charge in [-0.05, 0) is 25.0 Å². The summed E-state index contributed by atoms with van der Waals surface area (Å²) < 4.78 is 46.4. The van der Waals surface area contributed by atoms with Crippen LogP contribution in [0.5, 0.6) is 0 Å². The van der Waals surface area contributed by atoms with Crippen LogP contribution in [0.25, 0.3) is 11.0 Å². The lowest BCUT2D eigenvalue weighted by Gasteiger charge is -2.29. The molecular formula is C21H23F3N6O2. The number of rotatable bonds is 8. The normalized spacial score (nSPS) is 16.2. The monoisotopic (exact) mass is 448 g/mol. The summed E-state index contributed by atoms with van der Waals surface area (Å²) in [6.45, 7) is 0.898. The van der Waals surface area contributed by atoms with Gasteiger partial charge in [0.1, 0.15) is 23.6 Å². The zero-order chi connectivity index (χ0) is 22.7. The Labute approximate surface area is 182 Å². The first-order valence-electron chi connectivity index (χ1n) is 10.3. The van der Waals surface area contributed by atoms with Crippen molar-refractivity contribution >= 4 is 28.5 Å². The van der Waals surface area contributed by atoms with E-state index in [1.807, 2.05) is 0 Å². The highest BCUT2D eigenvalue weighted by molar-refractivity contribution is 6.18. The van der Waals surface area contributed by atoms with Crippen LogP contribution in [0, 0.1) is 5.95 Å². The third-order valence-corrected chi connectivity index (χ3v) is 5.48. The molecule has 0 radical (unpaired) electrons. The number of fused-ring (bicyclic) bond motifs is 1. The Bertz CT molecular complexity index is 1110. The number of halogens is 3. The number of hydrogen-bond donors (Lipinski definition) is 3. The molecule has 0 saturated heterocycles. The minimum atomic E-state index is -2.65. The predicted molar refractivity (Wildman–Crippen MR) is 113 cm³/mol. The quantitative estimate of drug-likeness (QED) is 0.274. The van der Waals surface area contributed by atoms with E-state index in [1.165, 1.54) is 24.7 Å². The largest absolute Gasteiger partial charge is 0.383 e. The van der Waals surface area contributed by atoms with Crippen LogP contribution in [0.2, 0.25) is 0 Å². The fourth-order valence-electron chi connectivity index (χ4n) is 3.77. The van der Waals surface area contributed by atoms with Crippen molar-refractivity contribution < 1.29 is 22.7 Å². The van der Waals surface area contributed by atoms with E-state index in [0.29, 0.717) is 30.0 Å². The number of nitrogens with one attached hydrogen (secondary N) is 3. The van der Waals surface area contributed by atoms with Crippen LogP contribution < -0.4 is 10.6 Å². The maximum Gasteiger partial charge on any atom is 0.248 e. The van der Waals surface area contributed by atoms with Crippen LogP contribution in [-0.2, 0) is 4.74 Å². The van der Waals surface area contributed by atoms with E-state index in [2.05, 4.69) is 30.6 Å². The number of H-pyrrole nitrogens is 1. The molecule has 0 spiro atoms. The number of methoxy groups -OCH3 is 1. The molecule has 170 valence electrons. The van der Waals surface area contributed by atoms with Crippen molar-refractivity contribution in [2.45, 2.75) is 37.6 Å². The first kappa shape index (κ1) is 22.0. The van der Waals surface area contributed by atoms with E-state index in [0.717, 1.165) is 0 Å². The van der Waals surface area contributed by atoms with Crippen molar-refractivity contribution in [3.63, 3.8) is 0 Å². The molecule has 3 N–H and O–H groups in total. The molecule has 0 aliphatic heterocycles. The van der Waals surface area contributed by atoms with Crippen molar-refractivity contribution in [3.8, 4) is 0 Å². The number of alkyl halides is 2. The van der Waals surface area contributed by atoms with Gasteiger partial charge in [-0.3, -0.25) is 4.79 Å². The highest BCUT2D eigenvalue weighted by Crippen LogP contribution is 2.34. The second-order valence-corrected chi connectivity index (χ2v) is 7.71. The van der Waals surface area contributed by atoms with Gasteiger partial charge in [-0.25, -0.2) is 23.7 Å². The van der Waals surface area contributed by atoms with Gasteiger partial charge in [0.05, 0.1) is 23.1 Å². The van der Waals surface area contributed by atoms with E-state index < -0.39 is 17.7 Å². The Hall–Kier alpha value is -3.21. The summed E-state index contributed by atoms with van der Waals surface area (Å²) in [6.07, 6.45) is 2.92. The number of ketones is 1. The molecule has 1 saturated carbocycles. The van der Waals surface area contributed by atoms with Crippen LogP contribution in [0.1, 0.15) is 41.6 Å². The predicted octanol–water partition coefficient (Wildman–Crippen LogP) is 3.77. The van der Waals surface area contributed by atoms with Crippen molar-refractivity contribution in [2.75, 3.05) is 30.9 Å². The molecule has 8 nitrogen and oxygen atoms in total. The average molecular weight is 448 g/mol. The number of carbonyl (C=O) groups is 1. The lowest BCUT2D eigenvalue weighted by Crippen LogP contribution is -2.32. The third-order valence-electron chi connectivity index (χ3n) is 5.48. The molecule has 3 heterocycles. The highest BCUT2D eigenvalue weighted by Gasteiger charge is 2.35. The van der Waals surface area contributed by atoms with Crippen LogP contribution in [0.3, 0.4) is 0 Å². The topological polar surface area (TPSA) is 105 Å². The lowest BCUT2D eigenvalue weighted by molar-refractivity contribution is -0.0361. The average Bonchev–Trinajstić information content (AvgIpc) is 3.20. The highest BCUT2D eigenvalue weighted by atomic mass is 19.3.